The molecule has 1 aromatic heterocycles. The number of rotatable bonds is 7. The van der Waals surface area contributed by atoms with Crippen molar-refractivity contribution in [2.75, 3.05) is 20.1 Å². The van der Waals surface area contributed by atoms with Crippen molar-refractivity contribution in [1.82, 2.24) is 9.21 Å². The minimum absolute atomic E-state index is 0.109. The van der Waals surface area contributed by atoms with E-state index in [1.807, 2.05) is 13.8 Å². The number of halogens is 1. The topological polar surface area (TPSA) is 70.8 Å². The smallest absolute Gasteiger partial charge is 0.253 e. The van der Waals surface area contributed by atoms with Crippen molar-refractivity contribution in [3.05, 3.63) is 52.4 Å². The molecular formula is C17H21BrN2O4S. The quantitative estimate of drug-likeness (QED) is 0.677. The molecule has 2 rings (SSSR count). The molecule has 1 aromatic carbocycles. The van der Waals surface area contributed by atoms with E-state index >= 15 is 0 Å². The van der Waals surface area contributed by atoms with Gasteiger partial charge in [-0.1, -0.05) is 0 Å². The number of furan rings is 1. The summed E-state index contributed by atoms with van der Waals surface area (Å²) < 4.78 is 32.4. The van der Waals surface area contributed by atoms with E-state index in [2.05, 4.69) is 15.9 Å². The molecule has 0 aliphatic heterocycles. The molecule has 25 heavy (non-hydrogen) atoms. The predicted octanol–water partition coefficient (Wildman–Crippen LogP) is 3.34. The lowest BCUT2D eigenvalue weighted by atomic mass is 10.2. The van der Waals surface area contributed by atoms with Gasteiger partial charge in [-0.3, -0.25) is 4.79 Å². The van der Waals surface area contributed by atoms with Crippen molar-refractivity contribution in [3.8, 4) is 0 Å². The van der Waals surface area contributed by atoms with Gasteiger partial charge in [-0.15, -0.1) is 0 Å². The van der Waals surface area contributed by atoms with E-state index in [-0.39, 0.29) is 17.3 Å². The molecule has 0 bridgehead atoms. The zero-order valence-corrected chi connectivity index (χ0v) is 16.8. The highest BCUT2D eigenvalue weighted by Crippen LogP contribution is 2.20. The van der Waals surface area contributed by atoms with Crippen molar-refractivity contribution >= 4 is 31.9 Å². The molecule has 8 heteroatoms. The molecule has 1 heterocycles. The third-order valence-corrected chi connectivity index (χ3v) is 6.11. The summed E-state index contributed by atoms with van der Waals surface area (Å²) in [4.78, 5) is 14.1. The SMILES string of the molecule is CCN(CC)C(=O)c1ccc(S(=O)(=O)N(C)Cc2ccc(Br)o2)cc1. The summed E-state index contributed by atoms with van der Waals surface area (Å²) in [6.45, 7) is 5.14. The van der Waals surface area contributed by atoms with E-state index in [4.69, 9.17) is 4.42 Å². The van der Waals surface area contributed by atoms with Crippen LogP contribution in [-0.4, -0.2) is 43.7 Å². The van der Waals surface area contributed by atoms with Crippen LogP contribution < -0.4 is 0 Å². The van der Waals surface area contributed by atoms with E-state index in [0.717, 1.165) is 0 Å². The van der Waals surface area contributed by atoms with Crippen LogP contribution in [0.4, 0.5) is 0 Å². The molecule has 0 fully saturated rings. The van der Waals surface area contributed by atoms with Crippen molar-refractivity contribution < 1.29 is 17.6 Å². The lowest BCUT2D eigenvalue weighted by Crippen LogP contribution is -2.30. The molecule has 2 aromatic rings. The van der Waals surface area contributed by atoms with Crippen molar-refractivity contribution in [3.63, 3.8) is 0 Å². The Labute approximate surface area is 156 Å². The average Bonchev–Trinajstić information content (AvgIpc) is 3.00. The first-order chi connectivity index (χ1) is 11.8. The second kappa shape index (κ2) is 8.16. The highest BCUT2D eigenvalue weighted by atomic mass is 79.9. The maximum absolute atomic E-state index is 12.6. The first kappa shape index (κ1) is 19.7. The summed E-state index contributed by atoms with van der Waals surface area (Å²) >= 11 is 3.19. The summed E-state index contributed by atoms with van der Waals surface area (Å²) in [5, 5.41) is 0. The lowest BCUT2D eigenvalue weighted by molar-refractivity contribution is 0.0773. The van der Waals surface area contributed by atoms with Crippen molar-refractivity contribution in [2.45, 2.75) is 25.3 Å². The van der Waals surface area contributed by atoms with E-state index < -0.39 is 10.0 Å². The molecule has 0 unspecified atom stereocenters. The molecule has 6 nitrogen and oxygen atoms in total. The monoisotopic (exact) mass is 428 g/mol. The Bertz CT molecular complexity index is 827. The summed E-state index contributed by atoms with van der Waals surface area (Å²) in [5.41, 5.74) is 0.472. The van der Waals surface area contributed by atoms with E-state index in [9.17, 15) is 13.2 Å². The fraction of sp³-hybridized carbons (Fsp3) is 0.353. The second-order valence-corrected chi connectivity index (χ2v) is 8.30. The number of hydrogen-bond donors (Lipinski definition) is 0. The van der Waals surface area contributed by atoms with Crippen molar-refractivity contribution in [1.29, 1.82) is 0 Å². The second-order valence-electron chi connectivity index (χ2n) is 5.47. The fourth-order valence-electron chi connectivity index (χ4n) is 2.38. The maximum atomic E-state index is 12.6. The highest BCUT2D eigenvalue weighted by molar-refractivity contribution is 9.10. The van der Waals surface area contributed by atoms with Crippen LogP contribution in [0.1, 0.15) is 30.0 Å². The van der Waals surface area contributed by atoms with Crippen LogP contribution in [0.15, 0.2) is 50.4 Å². The van der Waals surface area contributed by atoms with Gasteiger partial charge < -0.3 is 9.32 Å². The Kier molecular flexibility index (Phi) is 6.42. The third kappa shape index (κ3) is 4.50. The number of benzene rings is 1. The zero-order valence-electron chi connectivity index (χ0n) is 14.4. The Morgan fingerprint density at radius 2 is 1.68 bits per heavy atom. The van der Waals surface area contributed by atoms with Gasteiger partial charge in [0.25, 0.3) is 5.91 Å². The van der Waals surface area contributed by atoms with Gasteiger partial charge in [0, 0.05) is 25.7 Å². The van der Waals surface area contributed by atoms with Gasteiger partial charge in [0.2, 0.25) is 10.0 Å². The van der Waals surface area contributed by atoms with E-state index in [1.54, 1.807) is 29.2 Å². The summed E-state index contributed by atoms with van der Waals surface area (Å²) in [6, 6.07) is 9.43. The molecule has 0 N–H and O–H groups in total. The van der Waals surface area contributed by atoms with Crippen LogP contribution in [0.2, 0.25) is 0 Å². The van der Waals surface area contributed by atoms with Gasteiger partial charge in [-0.25, -0.2) is 8.42 Å². The minimum Gasteiger partial charge on any atom is -0.453 e. The molecule has 1 amide bonds. The molecule has 136 valence electrons. The lowest BCUT2D eigenvalue weighted by Gasteiger charge is -2.19. The molecule has 0 aliphatic rings. The molecule has 0 saturated carbocycles. The predicted molar refractivity (Wildman–Crippen MR) is 98.8 cm³/mol. The Balaban J connectivity index is 2.18. The van der Waals surface area contributed by atoms with Crippen LogP contribution in [0.3, 0.4) is 0 Å². The number of nitrogens with zero attached hydrogens (tertiary/aromatic N) is 2. The van der Waals surface area contributed by atoms with Crippen LogP contribution in [0.25, 0.3) is 0 Å². The normalized spacial score (nSPS) is 11.7. The van der Waals surface area contributed by atoms with Gasteiger partial charge in [0.15, 0.2) is 4.67 Å². The number of sulfonamides is 1. The fourth-order valence-corrected chi connectivity index (χ4v) is 3.86. The number of amides is 1. The average molecular weight is 429 g/mol. The number of carbonyl (C=O) groups is 1. The largest absolute Gasteiger partial charge is 0.453 e. The highest BCUT2D eigenvalue weighted by Gasteiger charge is 2.22. The van der Waals surface area contributed by atoms with Crippen molar-refractivity contribution in [2.24, 2.45) is 0 Å². The first-order valence-electron chi connectivity index (χ1n) is 7.89. The molecule has 0 saturated heterocycles. The van der Waals surface area contributed by atoms with Gasteiger partial charge in [-0.2, -0.15) is 4.31 Å². The number of carbonyl (C=O) groups excluding carboxylic acids is 1. The van der Waals surface area contributed by atoms with Gasteiger partial charge >= 0.3 is 0 Å². The minimum atomic E-state index is -3.67. The van der Waals surface area contributed by atoms with Crippen LogP contribution in [0, 0.1) is 0 Å². The molecule has 0 spiro atoms. The first-order valence-corrected chi connectivity index (χ1v) is 10.1. The Morgan fingerprint density at radius 3 is 2.16 bits per heavy atom. The maximum Gasteiger partial charge on any atom is 0.253 e. The van der Waals surface area contributed by atoms with Crippen LogP contribution in [0.5, 0.6) is 0 Å². The van der Waals surface area contributed by atoms with E-state index in [1.165, 1.54) is 23.5 Å². The summed E-state index contributed by atoms with van der Waals surface area (Å²) in [5.74, 6) is 0.425. The van der Waals surface area contributed by atoms with E-state index in [0.29, 0.717) is 29.1 Å². The molecule has 0 aliphatic carbocycles. The van der Waals surface area contributed by atoms with Gasteiger partial charge in [0.1, 0.15) is 5.76 Å². The summed E-state index contributed by atoms with van der Waals surface area (Å²) in [6.07, 6.45) is 0. The Morgan fingerprint density at radius 1 is 1.08 bits per heavy atom. The Hall–Kier alpha value is -1.64. The summed E-state index contributed by atoms with van der Waals surface area (Å²) in [7, 11) is -2.18. The standard InChI is InChI=1S/C17H21BrN2O4S/c1-4-20(5-2)17(21)13-6-9-15(10-7-13)25(22,23)19(3)12-14-8-11-16(18)24-14/h6-11H,4-5,12H2,1-3H3. The molecule has 0 atom stereocenters. The van der Waals surface area contributed by atoms with Crippen LogP contribution in [-0.2, 0) is 16.6 Å². The van der Waals surface area contributed by atoms with Gasteiger partial charge in [-0.05, 0) is 66.2 Å². The van der Waals surface area contributed by atoms with Gasteiger partial charge in [0.05, 0.1) is 11.4 Å². The zero-order chi connectivity index (χ0) is 18.6. The third-order valence-electron chi connectivity index (χ3n) is 3.87. The number of hydrogen-bond acceptors (Lipinski definition) is 4. The molecular weight excluding hydrogens is 408 g/mol. The molecule has 0 radical (unpaired) electrons. The van der Waals surface area contributed by atoms with Crippen LogP contribution >= 0.6 is 15.9 Å².